The van der Waals surface area contributed by atoms with Crippen LogP contribution in [-0.4, -0.2) is 28.6 Å². The van der Waals surface area contributed by atoms with Gasteiger partial charge in [0.1, 0.15) is 12.9 Å². The van der Waals surface area contributed by atoms with E-state index in [0.29, 0.717) is 12.6 Å². The maximum Gasteiger partial charge on any atom is 0.282 e. The smallest absolute Gasteiger partial charge is 0.282 e. The first-order valence-electron chi connectivity index (χ1n) is 7.82. The van der Waals surface area contributed by atoms with E-state index in [1.54, 1.807) is 6.33 Å². The first kappa shape index (κ1) is 15.5. The molecule has 1 aromatic carbocycles. The third kappa shape index (κ3) is 4.06. The van der Waals surface area contributed by atoms with Gasteiger partial charge in [0.15, 0.2) is 0 Å². The highest BCUT2D eigenvalue weighted by Crippen LogP contribution is 2.30. The van der Waals surface area contributed by atoms with Gasteiger partial charge in [-0.05, 0) is 29.4 Å². The van der Waals surface area contributed by atoms with E-state index < -0.39 is 0 Å². The minimum atomic E-state index is 0.138. The van der Waals surface area contributed by atoms with Crippen LogP contribution in [0.25, 0.3) is 11.1 Å². The van der Waals surface area contributed by atoms with Gasteiger partial charge in [0.2, 0.25) is 0 Å². The van der Waals surface area contributed by atoms with Crippen LogP contribution in [0, 0.1) is 5.41 Å². The molecule has 0 spiro atoms. The summed E-state index contributed by atoms with van der Waals surface area (Å²) in [6.45, 7) is 5.12. The predicted molar refractivity (Wildman–Crippen MR) is 90.9 cm³/mol. The molecule has 0 saturated carbocycles. The fourth-order valence-electron chi connectivity index (χ4n) is 3.07. The van der Waals surface area contributed by atoms with E-state index in [-0.39, 0.29) is 11.5 Å². The van der Waals surface area contributed by atoms with Crippen molar-refractivity contribution in [1.82, 2.24) is 9.97 Å². The van der Waals surface area contributed by atoms with E-state index >= 15 is 0 Å². The molecule has 5 nitrogen and oxygen atoms in total. The normalized spacial score (nSPS) is 17.7. The Bertz CT molecular complexity index is 680. The summed E-state index contributed by atoms with van der Waals surface area (Å²) in [6, 6.07) is 9.09. The number of nitrogens with zero attached hydrogens (tertiary/aromatic N) is 3. The lowest BCUT2D eigenvalue weighted by Crippen LogP contribution is -2.22. The Kier molecular flexibility index (Phi) is 4.28. The molecule has 0 fully saturated rings. The van der Waals surface area contributed by atoms with Crippen molar-refractivity contribution in [2.75, 3.05) is 6.61 Å². The fraction of sp³-hybridized carbons (Fsp3) is 0.389. The number of ether oxygens (including phenoxy) is 1. The maximum atomic E-state index is 5.59. The van der Waals surface area contributed by atoms with Crippen LogP contribution in [-0.2, 0) is 11.2 Å². The van der Waals surface area contributed by atoms with Crippen molar-refractivity contribution in [3.05, 3.63) is 48.5 Å². The van der Waals surface area contributed by atoms with E-state index in [1.807, 2.05) is 12.4 Å². The van der Waals surface area contributed by atoms with E-state index in [0.717, 1.165) is 24.0 Å². The molecule has 1 aromatic heterocycles. The van der Waals surface area contributed by atoms with Gasteiger partial charge in [-0.1, -0.05) is 38.1 Å². The Morgan fingerprint density at radius 2 is 1.83 bits per heavy atom. The highest BCUT2D eigenvalue weighted by Gasteiger charge is 2.27. The molecule has 1 aliphatic rings. The fourth-order valence-corrected chi connectivity index (χ4v) is 3.07. The second-order valence-electron chi connectivity index (χ2n) is 6.80. The van der Waals surface area contributed by atoms with E-state index in [2.05, 4.69) is 53.1 Å². The second-order valence-corrected chi connectivity index (χ2v) is 6.80. The van der Waals surface area contributed by atoms with E-state index in [4.69, 9.17) is 10.5 Å². The summed E-state index contributed by atoms with van der Waals surface area (Å²) in [5.74, 6) is 0. The van der Waals surface area contributed by atoms with Gasteiger partial charge in [0, 0.05) is 18.0 Å². The zero-order valence-electron chi connectivity index (χ0n) is 13.6. The van der Waals surface area contributed by atoms with Gasteiger partial charge >= 0.3 is 0 Å². The molecule has 1 atom stereocenters. The number of amidine groups is 1. The molecule has 3 rings (SSSR count). The van der Waals surface area contributed by atoms with Crippen molar-refractivity contribution < 1.29 is 4.74 Å². The number of benzene rings is 1. The monoisotopic (exact) mass is 310 g/mol. The molecule has 1 unspecified atom stereocenters. The Morgan fingerprint density at radius 3 is 2.43 bits per heavy atom. The van der Waals surface area contributed by atoms with Crippen molar-refractivity contribution in [1.29, 1.82) is 0 Å². The average molecular weight is 310 g/mol. The van der Waals surface area contributed by atoms with Gasteiger partial charge in [-0.3, -0.25) is 0 Å². The van der Waals surface area contributed by atoms with Crippen molar-refractivity contribution in [2.24, 2.45) is 16.1 Å². The first-order valence-corrected chi connectivity index (χ1v) is 7.82. The van der Waals surface area contributed by atoms with Gasteiger partial charge in [-0.15, -0.1) is 0 Å². The van der Waals surface area contributed by atoms with Crippen LogP contribution < -0.4 is 5.73 Å². The molecular weight excluding hydrogens is 288 g/mol. The quantitative estimate of drug-likeness (QED) is 0.921. The van der Waals surface area contributed by atoms with Crippen molar-refractivity contribution in [3.63, 3.8) is 0 Å². The molecule has 0 saturated heterocycles. The molecule has 2 N–H and O–H groups in total. The van der Waals surface area contributed by atoms with Gasteiger partial charge in [0.25, 0.3) is 6.02 Å². The summed E-state index contributed by atoms with van der Waals surface area (Å²) in [6.07, 6.45) is 7.15. The third-order valence-electron chi connectivity index (χ3n) is 4.05. The van der Waals surface area contributed by atoms with Crippen molar-refractivity contribution in [3.8, 4) is 11.1 Å². The van der Waals surface area contributed by atoms with Crippen LogP contribution in [0.1, 0.15) is 25.8 Å². The van der Waals surface area contributed by atoms with Gasteiger partial charge in [-0.2, -0.15) is 0 Å². The lowest BCUT2D eigenvalue weighted by Gasteiger charge is -2.26. The van der Waals surface area contributed by atoms with E-state index in [9.17, 15) is 0 Å². The van der Waals surface area contributed by atoms with E-state index in [1.165, 1.54) is 5.56 Å². The summed E-state index contributed by atoms with van der Waals surface area (Å²) in [5, 5.41) is 0. The summed E-state index contributed by atoms with van der Waals surface area (Å²) in [7, 11) is 0. The number of aromatic nitrogens is 2. The summed E-state index contributed by atoms with van der Waals surface area (Å²) in [4.78, 5) is 12.4. The molecule has 0 radical (unpaired) electrons. The third-order valence-corrected chi connectivity index (χ3v) is 4.05. The van der Waals surface area contributed by atoms with Crippen LogP contribution in [0.3, 0.4) is 0 Å². The summed E-state index contributed by atoms with van der Waals surface area (Å²) >= 11 is 0. The Balaban J connectivity index is 1.65. The number of rotatable bonds is 5. The molecule has 0 bridgehead atoms. The Morgan fingerprint density at radius 1 is 1.13 bits per heavy atom. The zero-order valence-corrected chi connectivity index (χ0v) is 13.6. The molecule has 5 heteroatoms. The van der Waals surface area contributed by atoms with Crippen LogP contribution >= 0.6 is 0 Å². The molecular formula is C18H22N4O. The minimum Gasteiger partial charge on any atom is -0.463 e. The van der Waals surface area contributed by atoms with Crippen LogP contribution in [0.15, 0.2) is 48.0 Å². The minimum absolute atomic E-state index is 0.138. The highest BCUT2D eigenvalue weighted by molar-refractivity contribution is 5.73. The maximum absolute atomic E-state index is 5.59. The largest absolute Gasteiger partial charge is 0.463 e. The number of hydrogen-bond acceptors (Lipinski definition) is 5. The van der Waals surface area contributed by atoms with Gasteiger partial charge in [-0.25, -0.2) is 15.0 Å². The summed E-state index contributed by atoms with van der Waals surface area (Å²) < 4.78 is 5.24. The molecule has 23 heavy (non-hydrogen) atoms. The standard InChI is InChI=1S/C18H22N4O/c1-18(2,8-16-11-23-17(19)22-16)7-13-3-5-14(6-4-13)15-9-20-12-21-10-15/h3-6,9-10,12,16H,7-8,11H2,1-2H3,(H2,19,22). The van der Waals surface area contributed by atoms with Crippen LogP contribution in [0.4, 0.5) is 0 Å². The molecule has 2 aromatic rings. The second kappa shape index (κ2) is 6.36. The van der Waals surface area contributed by atoms with Crippen molar-refractivity contribution >= 4 is 6.02 Å². The Labute approximate surface area is 136 Å². The number of hydrogen-bond donors (Lipinski definition) is 1. The average Bonchev–Trinajstić information content (AvgIpc) is 2.92. The molecule has 1 aliphatic heterocycles. The SMILES string of the molecule is CC(C)(Cc1ccc(-c2cncnc2)cc1)CC1COC(N)=N1. The highest BCUT2D eigenvalue weighted by atomic mass is 16.5. The lowest BCUT2D eigenvalue weighted by atomic mass is 9.80. The number of aliphatic imine (C=N–C) groups is 1. The Hall–Kier alpha value is -2.43. The lowest BCUT2D eigenvalue weighted by molar-refractivity contribution is 0.250. The van der Waals surface area contributed by atoms with Gasteiger partial charge in [0.05, 0.1) is 6.04 Å². The molecule has 0 aliphatic carbocycles. The first-order chi connectivity index (χ1) is 11.0. The molecule has 120 valence electrons. The molecule has 2 heterocycles. The molecule has 0 amide bonds. The van der Waals surface area contributed by atoms with Crippen LogP contribution in [0.5, 0.6) is 0 Å². The zero-order chi connectivity index (χ0) is 16.3. The van der Waals surface area contributed by atoms with Crippen LogP contribution in [0.2, 0.25) is 0 Å². The van der Waals surface area contributed by atoms with Crippen molar-refractivity contribution in [2.45, 2.75) is 32.7 Å². The predicted octanol–water partition coefficient (Wildman–Crippen LogP) is 2.82. The summed E-state index contributed by atoms with van der Waals surface area (Å²) in [5.41, 5.74) is 9.20. The van der Waals surface area contributed by atoms with Gasteiger partial charge < -0.3 is 10.5 Å². The topological polar surface area (TPSA) is 73.4 Å². The number of nitrogens with two attached hydrogens (primary N) is 1.